The number of phosphoric ester groups is 1. The van der Waals surface area contributed by atoms with Crippen molar-refractivity contribution in [3.8, 4) is 0 Å². The molecular formula is C19H34N3O8P. The van der Waals surface area contributed by atoms with Gasteiger partial charge in [0.05, 0.1) is 25.9 Å². The number of phosphoric acid groups is 1. The molecule has 0 aliphatic rings. The Bertz CT molecular complexity index is 674. The van der Waals surface area contributed by atoms with Crippen LogP contribution < -0.4 is 16.4 Å². The molecule has 31 heavy (non-hydrogen) atoms. The molecule has 3 atom stereocenters. The number of esters is 1. The molecule has 0 aromatic rings. The molecule has 0 aromatic heterocycles. The quantitative estimate of drug-likeness (QED) is 0.196. The monoisotopic (exact) mass is 463 g/mol. The molecule has 11 nitrogen and oxygen atoms in total. The number of carbonyl (C=O) groups excluding carboxylic acids is 3. The molecule has 2 amide bonds. The second kappa shape index (κ2) is 13.4. The number of carbonyl (C=O) groups is 3. The van der Waals surface area contributed by atoms with Crippen LogP contribution in [0.25, 0.3) is 0 Å². The first-order chi connectivity index (χ1) is 14.2. The molecule has 0 aliphatic heterocycles. The van der Waals surface area contributed by atoms with E-state index in [2.05, 4.69) is 23.8 Å². The predicted octanol–water partition coefficient (Wildman–Crippen LogP) is 1.19. The summed E-state index contributed by atoms with van der Waals surface area (Å²) in [6, 6.07) is -3.20. The third kappa shape index (κ3) is 12.4. The molecule has 4 N–H and O–H groups in total. The molecule has 0 fully saturated rings. The molecule has 0 saturated heterocycles. The lowest BCUT2D eigenvalue weighted by molar-refractivity contribution is -0.159. The number of hydrogen-bond acceptors (Lipinski definition) is 9. The van der Waals surface area contributed by atoms with E-state index in [1.54, 1.807) is 20.8 Å². The number of hydrogen-bond donors (Lipinski definition) is 3. The molecule has 178 valence electrons. The van der Waals surface area contributed by atoms with Crippen molar-refractivity contribution in [3.63, 3.8) is 0 Å². The Kier molecular flexibility index (Phi) is 12.5. The number of nitrogens with one attached hydrogen (secondary N) is 2. The van der Waals surface area contributed by atoms with Crippen LogP contribution in [-0.4, -0.2) is 61.3 Å². The Morgan fingerprint density at radius 1 is 1.00 bits per heavy atom. The molecule has 0 aliphatic carbocycles. The Labute approximate surface area is 183 Å². The maximum absolute atomic E-state index is 12.7. The second-order valence-corrected chi connectivity index (χ2v) is 9.19. The van der Waals surface area contributed by atoms with Crippen molar-refractivity contribution in [2.75, 3.05) is 19.8 Å². The van der Waals surface area contributed by atoms with Gasteiger partial charge < -0.3 is 21.1 Å². The van der Waals surface area contributed by atoms with Gasteiger partial charge in [-0.05, 0) is 34.6 Å². The van der Waals surface area contributed by atoms with Crippen LogP contribution >= 0.6 is 7.82 Å². The van der Waals surface area contributed by atoms with E-state index in [0.29, 0.717) is 0 Å². The zero-order valence-corrected chi connectivity index (χ0v) is 19.6. The first-order valence-corrected chi connectivity index (χ1v) is 11.1. The van der Waals surface area contributed by atoms with Crippen molar-refractivity contribution in [1.82, 2.24) is 10.6 Å². The first-order valence-electron chi connectivity index (χ1n) is 9.59. The number of nitrogens with two attached hydrogens (primary N) is 1. The number of amides is 2. The summed E-state index contributed by atoms with van der Waals surface area (Å²) in [5, 5.41) is 4.81. The van der Waals surface area contributed by atoms with Gasteiger partial charge in [-0.1, -0.05) is 12.2 Å². The van der Waals surface area contributed by atoms with Crippen molar-refractivity contribution < 1.29 is 37.3 Å². The summed E-state index contributed by atoms with van der Waals surface area (Å²) in [4.78, 5) is 36.7. The van der Waals surface area contributed by atoms with Gasteiger partial charge >= 0.3 is 13.8 Å². The molecule has 0 heterocycles. The predicted molar refractivity (Wildman–Crippen MR) is 115 cm³/mol. The minimum absolute atomic E-state index is 0.141. The van der Waals surface area contributed by atoms with Gasteiger partial charge in [-0.15, -0.1) is 13.2 Å². The highest BCUT2D eigenvalue weighted by atomic mass is 31.2. The molecule has 0 saturated carbocycles. The largest absolute Gasteiger partial charge is 0.475 e. The van der Waals surface area contributed by atoms with E-state index in [-0.39, 0.29) is 13.2 Å². The zero-order chi connectivity index (χ0) is 24.2. The molecule has 0 radical (unpaired) electrons. The van der Waals surface area contributed by atoms with Crippen LogP contribution in [0.2, 0.25) is 0 Å². The molecule has 0 spiro atoms. The van der Waals surface area contributed by atoms with Crippen LogP contribution in [0.1, 0.15) is 34.6 Å². The van der Waals surface area contributed by atoms with Crippen molar-refractivity contribution >= 4 is 25.6 Å². The lowest BCUT2D eigenvalue weighted by atomic mass is 10.2. The maximum atomic E-state index is 12.7. The fourth-order valence-corrected chi connectivity index (χ4v) is 2.95. The van der Waals surface area contributed by atoms with E-state index in [1.807, 2.05) is 0 Å². The fraction of sp³-hybridized carbons (Fsp3) is 0.632. The minimum Gasteiger partial charge on any atom is -0.458 e. The highest BCUT2D eigenvalue weighted by Gasteiger charge is 2.33. The van der Waals surface area contributed by atoms with Gasteiger partial charge in [-0.2, -0.15) is 0 Å². The molecule has 0 aromatic carbocycles. The average molecular weight is 463 g/mol. The molecule has 0 rings (SSSR count). The molecule has 0 unspecified atom stereocenters. The molecule has 12 heteroatoms. The van der Waals surface area contributed by atoms with Crippen molar-refractivity contribution in [1.29, 1.82) is 0 Å². The normalized spacial score (nSPS) is 14.6. The van der Waals surface area contributed by atoms with Gasteiger partial charge in [0, 0.05) is 0 Å². The van der Waals surface area contributed by atoms with Gasteiger partial charge in [0.25, 0.3) is 0 Å². The van der Waals surface area contributed by atoms with Gasteiger partial charge in [0.15, 0.2) is 6.04 Å². The van der Waals surface area contributed by atoms with Crippen LogP contribution in [0.5, 0.6) is 0 Å². The minimum atomic E-state index is -4.09. The van der Waals surface area contributed by atoms with E-state index in [1.165, 1.54) is 26.0 Å². The van der Waals surface area contributed by atoms with Gasteiger partial charge in [0.1, 0.15) is 11.6 Å². The Morgan fingerprint density at radius 3 is 1.94 bits per heavy atom. The zero-order valence-electron chi connectivity index (χ0n) is 18.7. The maximum Gasteiger partial charge on any atom is 0.475 e. The SMILES string of the molecule is C=CCOP(=O)(OCC=C)OC[C@H](NC(=O)[C@H](C)NC(=O)[C@H](C)N)C(=O)OC(C)(C)C. The van der Waals surface area contributed by atoms with Crippen LogP contribution in [-0.2, 0) is 37.3 Å². The number of ether oxygens (including phenoxy) is 1. The summed E-state index contributed by atoms with van der Waals surface area (Å²) >= 11 is 0. The van der Waals surface area contributed by atoms with Crippen LogP contribution in [0.3, 0.4) is 0 Å². The summed E-state index contributed by atoms with van der Waals surface area (Å²) in [5.41, 5.74) is 4.60. The van der Waals surface area contributed by atoms with E-state index in [4.69, 9.17) is 24.0 Å². The Morgan fingerprint density at radius 2 is 1.52 bits per heavy atom. The van der Waals surface area contributed by atoms with Crippen LogP contribution in [0, 0.1) is 0 Å². The van der Waals surface area contributed by atoms with E-state index >= 15 is 0 Å². The van der Waals surface area contributed by atoms with Gasteiger partial charge in [0.2, 0.25) is 11.8 Å². The Balaban J connectivity index is 5.40. The summed E-state index contributed by atoms with van der Waals surface area (Å²) in [6.07, 6.45) is 2.67. The average Bonchev–Trinajstić information content (AvgIpc) is 2.66. The third-order valence-electron chi connectivity index (χ3n) is 3.27. The van der Waals surface area contributed by atoms with Crippen LogP contribution in [0.4, 0.5) is 0 Å². The highest BCUT2D eigenvalue weighted by Crippen LogP contribution is 2.49. The van der Waals surface area contributed by atoms with Crippen molar-refractivity contribution in [3.05, 3.63) is 25.3 Å². The fourth-order valence-electron chi connectivity index (χ4n) is 1.81. The summed E-state index contributed by atoms with van der Waals surface area (Å²) in [7, 11) is -4.09. The van der Waals surface area contributed by atoms with Gasteiger partial charge in [-0.25, -0.2) is 9.36 Å². The second-order valence-electron chi connectivity index (χ2n) is 7.53. The highest BCUT2D eigenvalue weighted by molar-refractivity contribution is 7.48. The van der Waals surface area contributed by atoms with E-state index in [0.717, 1.165) is 0 Å². The van der Waals surface area contributed by atoms with Crippen molar-refractivity contribution in [2.24, 2.45) is 5.73 Å². The first kappa shape index (κ1) is 29.0. The molecular weight excluding hydrogens is 429 g/mol. The van der Waals surface area contributed by atoms with Crippen molar-refractivity contribution in [2.45, 2.75) is 58.3 Å². The van der Waals surface area contributed by atoms with E-state index < -0.39 is 55.9 Å². The van der Waals surface area contributed by atoms with Crippen LogP contribution in [0.15, 0.2) is 25.3 Å². The standard InChI is InChI=1S/C19H34N3O8P/c1-8-10-27-31(26,28-11-9-2)29-12-15(18(25)30-19(5,6)7)22-17(24)14(4)21-16(23)13(3)20/h8-9,13-15H,1-2,10-12,20H2,3-7H3,(H,21,23)(H,22,24)/t13-,14-,15-/m0/s1. The third-order valence-corrected chi connectivity index (χ3v) is 4.67. The summed E-state index contributed by atoms with van der Waals surface area (Å²) in [6.45, 7) is 13.8. The summed E-state index contributed by atoms with van der Waals surface area (Å²) in [5.74, 6) is -2.10. The smallest absolute Gasteiger partial charge is 0.458 e. The molecule has 0 bridgehead atoms. The summed E-state index contributed by atoms with van der Waals surface area (Å²) < 4.78 is 33.3. The topological polar surface area (TPSA) is 155 Å². The van der Waals surface area contributed by atoms with E-state index in [9.17, 15) is 18.9 Å². The lowest BCUT2D eigenvalue weighted by Crippen LogP contribution is -2.54. The lowest BCUT2D eigenvalue weighted by Gasteiger charge is -2.26. The van der Waals surface area contributed by atoms with Gasteiger partial charge in [-0.3, -0.25) is 23.2 Å². The Hall–Kier alpha value is -2.04. The number of rotatable bonds is 14.